The lowest BCUT2D eigenvalue weighted by atomic mass is 9.93. The average molecular weight is 274 g/mol. The van der Waals surface area contributed by atoms with E-state index in [9.17, 15) is 10.1 Å². The first-order chi connectivity index (χ1) is 9.65. The van der Waals surface area contributed by atoms with Crippen molar-refractivity contribution in [2.45, 2.75) is 19.3 Å². The third kappa shape index (κ3) is 3.02. The van der Waals surface area contributed by atoms with E-state index in [0.29, 0.717) is 11.3 Å². The molecule has 0 atom stereocenters. The van der Waals surface area contributed by atoms with Crippen LogP contribution in [0.2, 0.25) is 0 Å². The lowest BCUT2D eigenvalue weighted by Crippen LogP contribution is -2.34. The van der Waals surface area contributed by atoms with Gasteiger partial charge in [0.2, 0.25) is 0 Å². The van der Waals surface area contributed by atoms with Gasteiger partial charge in [-0.1, -0.05) is 6.07 Å². The van der Waals surface area contributed by atoms with E-state index in [0.717, 1.165) is 31.6 Å². The van der Waals surface area contributed by atoms with Crippen molar-refractivity contribution in [1.29, 1.82) is 5.26 Å². The Labute approximate surface area is 118 Å². The summed E-state index contributed by atoms with van der Waals surface area (Å²) in [6, 6.07) is 7.76. The van der Waals surface area contributed by atoms with Crippen molar-refractivity contribution in [3.8, 4) is 11.8 Å². The van der Waals surface area contributed by atoms with Crippen LogP contribution in [0.3, 0.4) is 0 Å². The SMILES string of the molecule is COc1cccc(N2CCC(CC(=O)O)CC2)c1C#N. The molecule has 0 spiro atoms. The fourth-order valence-electron chi connectivity index (χ4n) is 2.69. The number of nitrogens with zero attached hydrogens (tertiary/aromatic N) is 2. The summed E-state index contributed by atoms with van der Waals surface area (Å²) in [5, 5.41) is 18.1. The Morgan fingerprint density at radius 1 is 1.50 bits per heavy atom. The Kier molecular flexibility index (Phi) is 4.46. The molecule has 0 unspecified atom stereocenters. The number of rotatable bonds is 4. The fourth-order valence-corrected chi connectivity index (χ4v) is 2.69. The highest BCUT2D eigenvalue weighted by atomic mass is 16.5. The number of carbonyl (C=O) groups is 1. The van der Waals surface area contributed by atoms with Gasteiger partial charge in [-0.2, -0.15) is 5.26 Å². The maximum atomic E-state index is 10.7. The molecule has 106 valence electrons. The van der Waals surface area contributed by atoms with Gasteiger partial charge in [-0.15, -0.1) is 0 Å². The van der Waals surface area contributed by atoms with Crippen LogP contribution >= 0.6 is 0 Å². The second-order valence-corrected chi connectivity index (χ2v) is 4.99. The molecule has 1 aliphatic rings. The Morgan fingerprint density at radius 3 is 2.75 bits per heavy atom. The number of ether oxygens (including phenoxy) is 1. The standard InChI is InChI=1S/C15H18N2O3/c1-20-14-4-2-3-13(12(14)10-16)17-7-5-11(6-8-17)9-15(18)19/h2-4,11H,5-9H2,1H3,(H,18,19). The first kappa shape index (κ1) is 14.2. The number of carboxylic acids is 1. The number of benzene rings is 1. The maximum absolute atomic E-state index is 10.7. The van der Waals surface area contributed by atoms with Gasteiger partial charge in [0.05, 0.1) is 12.8 Å². The Hall–Kier alpha value is -2.22. The van der Waals surface area contributed by atoms with E-state index in [1.54, 1.807) is 13.2 Å². The van der Waals surface area contributed by atoms with Crippen LogP contribution < -0.4 is 9.64 Å². The summed E-state index contributed by atoms with van der Waals surface area (Å²) < 4.78 is 5.21. The number of nitriles is 1. The minimum Gasteiger partial charge on any atom is -0.495 e. The van der Waals surface area contributed by atoms with Crippen LogP contribution in [0.4, 0.5) is 5.69 Å². The number of piperidine rings is 1. The first-order valence-corrected chi connectivity index (χ1v) is 6.69. The van der Waals surface area contributed by atoms with E-state index in [1.165, 1.54) is 0 Å². The van der Waals surface area contributed by atoms with Crippen LogP contribution in [0.15, 0.2) is 18.2 Å². The average Bonchev–Trinajstić information content (AvgIpc) is 2.46. The molecule has 1 saturated heterocycles. The van der Waals surface area contributed by atoms with Crippen LogP contribution in [-0.2, 0) is 4.79 Å². The number of anilines is 1. The summed E-state index contributed by atoms with van der Waals surface area (Å²) >= 11 is 0. The topological polar surface area (TPSA) is 73.6 Å². The monoisotopic (exact) mass is 274 g/mol. The van der Waals surface area contributed by atoms with E-state index >= 15 is 0 Å². The second kappa shape index (κ2) is 6.29. The van der Waals surface area contributed by atoms with Crippen molar-refractivity contribution in [3.05, 3.63) is 23.8 Å². The Bertz CT molecular complexity index is 528. The summed E-state index contributed by atoms with van der Waals surface area (Å²) in [6.07, 6.45) is 1.92. The van der Waals surface area contributed by atoms with Crippen molar-refractivity contribution < 1.29 is 14.6 Å². The van der Waals surface area contributed by atoms with Crippen LogP contribution in [0.5, 0.6) is 5.75 Å². The molecule has 5 heteroatoms. The minimum atomic E-state index is -0.734. The summed E-state index contributed by atoms with van der Waals surface area (Å²) in [7, 11) is 1.55. The molecule has 1 fully saturated rings. The molecule has 1 N–H and O–H groups in total. The molecule has 0 amide bonds. The number of aliphatic carboxylic acids is 1. The van der Waals surface area contributed by atoms with Gasteiger partial charge in [-0.25, -0.2) is 0 Å². The molecule has 0 bridgehead atoms. The smallest absolute Gasteiger partial charge is 0.303 e. The molecule has 0 saturated carbocycles. The van der Waals surface area contributed by atoms with Crippen LogP contribution in [0.1, 0.15) is 24.8 Å². The Morgan fingerprint density at radius 2 is 2.20 bits per heavy atom. The van der Waals surface area contributed by atoms with Crippen molar-refractivity contribution in [1.82, 2.24) is 0 Å². The zero-order valence-corrected chi connectivity index (χ0v) is 11.5. The molecular formula is C15H18N2O3. The van der Waals surface area contributed by atoms with Gasteiger partial charge in [0, 0.05) is 19.5 Å². The van der Waals surface area contributed by atoms with E-state index < -0.39 is 5.97 Å². The molecule has 20 heavy (non-hydrogen) atoms. The van der Waals surface area contributed by atoms with E-state index in [1.807, 2.05) is 12.1 Å². The van der Waals surface area contributed by atoms with Crippen molar-refractivity contribution >= 4 is 11.7 Å². The molecule has 2 rings (SSSR count). The van der Waals surface area contributed by atoms with E-state index in [4.69, 9.17) is 9.84 Å². The van der Waals surface area contributed by atoms with Gasteiger partial charge in [-0.3, -0.25) is 4.79 Å². The third-order valence-electron chi connectivity index (χ3n) is 3.75. The molecule has 1 heterocycles. The fraction of sp³-hybridized carbons (Fsp3) is 0.467. The molecule has 1 aromatic rings. The molecule has 0 aromatic heterocycles. The lowest BCUT2D eigenvalue weighted by Gasteiger charge is -2.33. The molecule has 0 radical (unpaired) electrons. The predicted octanol–water partition coefficient (Wildman–Crippen LogP) is 2.26. The number of methoxy groups -OCH3 is 1. The third-order valence-corrected chi connectivity index (χ3v) is 3.75. The van der Waals surface area contributed by atoms with E-state index in [-0.39, 0.29) is 12.3 Å². The summed E-state index contributed by atoms with van der Waals surface area (Å²) in [6.45, 7) is 1.56. The van der Waals surface area contributed by atoms with Gasteiger partial charge >= 0.3 is 5.97 Å². The Balaban J connectivity index is 2.11. The number of hydrogen-bond donors (Lipinski definition) is 1. The second-order valence-electron chi connectivity index (χ2n) is 4.99. The zero-order chi connectivity index (χ0) is 14.5. The summed E-state index contributed by atoms with van der Waals surface area (Å²) in [5.74, 6) is 0.0834. The van der Waals surface area contributed by atoms with Gasteiger partial charge < -0.3 is 14.7 Å². The zero-order valence-electron chi connectivity index (χ0n) is 11.5. The molecule has 1 aliphatic heterocycles. The van der Waals surface area contributed by atoms with Gasteiger partial charge in [0.25, 0.3) is 0 Å². The quantitative estimate of drug-likeness (QED) is 0.911. The van der Waals surface area contributed by atoms with Crippen molar-refractivity contribution in [2.75, 3.05) is 25.1 Å². The van der Waals surface area contributed by atoms with Crippen molar-refractivity contribution in [3.63, 3.8) is 0 Å². The normalized spacial score (nSPS) is 15.7. The van der Waals surface area contributed by atoms with E-state index in [2.05, 4.69) is 11.0 Å². The van der Waals surface area contributed by atoms with Crippen LogP contribution in [-0.4, -0.2) is 31.3 Å². The lowest BCUT2D eigenvalue weighted by molar-refractivity contribution is -0.138. The summed E-state index contributed by atoms with van der Waals surface area (Å²) in [4.78, 5) is 12.9. The molecular weight excluding hydrogens is 256 g/mol. The van der Waals surface area contributed by atoms with Gasteiger partial charge in [0.15, 0.2) is 0 Å². The largest absolute Gasteiger partial charge is 0.495 e. The van der Waals surface area contributed by atoms with Crippen LogP contribution in [0, 0.1) is 17.2 Å². The van der Waals surface area contributed by atoms with Crippen molar-refractivity contribution in [2.24, 2.45) is 5.92 Å². The molecule has 1 aromatic carbocycles. The number of carboxylic acid groups (broad SMARTS) is 1. The highest BCUT2D eigenvalue weighted by Gasteiger charge is 2.23. The first-order valence-electron chi connectivity index (χ1n) is 6.69. The highest BCUT2D eigenvalue weighted by Crippen LogP contribution is 2.32. The molecule has 0 aliphatic carbocycles. The maximum Gasteiger partial charge on any atom is 0.303 e. The summed E-state index contributed by atoms with van der Waals surface area (Å²) in [5.41, 5.74) is 1.42. The van der Waals surface area contributed by atoms with Gasteiger partial charge in [0.1, 0.15) is 17.4 Å². The minimum absolute atomic E-state index is 0.233. The van der Waals surface area contributed by atoms with Crippen LogP contribution in [0.25, 0.3) is 0 Å². The molecule has 5 nitrogen and oxygen atoms in total. The highest BCUT2D eigenvalue weighted by molar-refractivity contribution is 5.67. The number of hydrogen-bond acceptors (Lipinski definition) is 4. The van der Waals surface area contributed by atoms with Gasteiger partial charge in [-0.05, 0) is 30.9 Å². The predicted molar refractivity (Wildman–Crippen MR) is 74.9 cm³/mol.